The number of nitrogens with one attached hydrogen (secondary N) is 2. The monoisotopic (exact) mass is 578 g/mol. The molecule has 41 heavy (non-hydrogen) atoms. The van der Waals surface area contributed by atoms with Gasteiger partial charge in [0.05, 0.1) is 26.2 Å². The number of ether oxygens (including phenoxy) is 5. The molecule has 232 valence electrons. The van der Waals surface area contributed by atoms with E-state index >= 15 is 0 Å². The van der Waals surface area contributed by atoms with E-state index in [9.17, 15) is 14.7 Å². The second kappa shape index (κ2) is 17.0. The number of methoxy groups -OCH3 is 1. The fourth-order valence-corrected chi connectivity index (χ4v) is 5.33. The Hall–Kier alpha value is -2.24. The van der Waals surface area contributed by atoms with Gasteiger partial charge in [0.2, 0.25) is 0 Å². The normalized spacial score (nSPS) is 23.6. The Morgan fingerprint density at radius 2 is 1.56 bits per heavy atom. The lowest BCUT2D eigenvalue weighted by Crippen LogP contribution is -2.52. The van der Waals surface area contributed by atoms with E-state index < -0.39 is 42.5 Å². The summed E-state index contributed by atoms with van der Waals surface area (Å²) >= 11 is 0. The fourth-order valence-electron chi connectivity index (χ4n) is 5.33. The van der Waals surface area contributed by atoms with Crippen molar-refractivity contribution in [3.05, 3.63) is 29.8 Å². The van der Waals surface area contributed by atoms with Crippen LogP contribution in [0.3, 0.4) is 0 Å². The maximum atomic E-state index is 13.0. The average Bonchev–Trinajstić information content (AvgIpc) is 3.42. The molecule has 0 bridgehead atoms. The number of urea groups is 1. The van der Waals surface area contributed by atoms with E-state index in [0.29, 0.717) is 12.3 Å². The maximum Gasteiger partial charge on any atom is 0.319 e. The molecule has 0 saturated carbocycles. The van der Waals surface area contributed by atoms with Gasteiger partial charge in [-0.15, -0.1) is 0 Å². The molecular weight excluding hydrogens is 528 g/mol. The summed E-state index contributed by atoms with van der Waals surface area (Å²) in [6.45, 7) is 6.59. The maximum absolute atomic E-state index is 13.0. The summed E-state index contributed by atoms with van der Waals surface area (Å²) in [4.78, 5) is 24.5. The van der Waals surface area contributed by atoms with E-state index in [1.54, 1.807) is 38.1 Å². The van der Waals surface area contributed by atoms with E-state index in [-0.39, 0.29) is 19.0 Å². The minimum absolute atomic E-state index is 0.157. The molecule has 2 aliphatic heterocycles. The van der Waals surface area contributed by atoms with Gasteiger partial charge in [-0.1, -0.05) is 76.8 Å². The summed E-state index contributed by atoms with van der Waals surface area (Å²) < 4.78 is 28.3. The molecule has 2 heterocycles. The first-order valence-electron chi connectivity index (χ1n) is 15.2. The van der Waals surface area contributed by atoms with E-state index in [4.69, 9.17) is 23.7 Å². The minimum atomic E-state index is -1.16. The third kappa shape index (κ3) is 11.2. The van der Waals surface area contributed by atoms with Gasteiger partial charge in [0, 0.05) is 12.3 Å². The molecule has 1 aromatic rings. The number of anilines is 1. The molecule has 0 aliphatic carbocycles. The number of aliphatic hydroxyl groups excluding tert-OH is 1. The van der Waals surface area contributed by atoms with Crippen LogP contribution in [0.25, 0.3) is 0 Å². The van der Waals surface area contributed by atoms with Gasteiger partial charge in [-0.05, 0) is 38.0 Å². The summed E-state index contributed by atoms with van der Waals surface area (Å²) in [7, 11) is 1.35. The van der Waals surface area contributed by atoms with Gasteiger partial charge in [-0.25, -0.2) is 4.79 Å². The zero-order chi connectivity index (χ0) is 29.7. The Kier molecular flexibility index (Phi) is 13.8. The lowest BCUT2D eigenvalue weighted by atomic mass is 10.0. The summed E-state index contributed by atoms with van der Waals surface area (Å²) in [5.74, 6) is -1.20. The van der Waals surface area contributed by atoms with Gasteiger partial charge in [-0.2, -0.15) is 0 Å². The molecule has 1 aromatic carbocycles. The fraction of sp³-hybridized carbons (Fsp3) is 0.742. The number of unbranched alkanes of at least 4 members (excludes halogenated alkanes) is 9. The number of carbonyl (C=O) groups is 2. The van der Waals surface area contributed by atoms with Crippen molar-refractivity contribution in [2.24, 2.45) is 0 Å². The molecule has 5 atom stereocenters. The number of hydrogen-bond donors (Lipinski definition) is 3. The lowest BCUT2D eigenvalue weighted by Gasteiger charge is -2.29. The quantitative estimate of drug-likeness (QED) is 0.163. The molecule has 10 nitrogen and oxygen atoms in total. The van der Waals surface area contributed by atoms with E-state index in [2.05, 4.69) is 17.6 Å². The highest BCUT2D eigenvalue weighted by molar-refractivity contribution is 5.89. The summed E-state index contributed by atoms with van der Waals surface area (Å²) in [5, 5.41) is 16.2. The lowest BCUT2D eigenvalue weighted by molar-refractivity contribution is -0.224. The van der Waals surface area contributed by atoms with Crippen molar-refractivity contribution in [3.8, 4) is 0 Å². The number of rotatable bonds is 18. The van der Waals surface area contributed by atoms with Crippen LogP contribution in [0.4, 0.5) is 10.5 Å². The molecule has 10 heteroatoms. The highest BCUT2D eigenvalue weighted by Crippen LogP contribution is 2.39. The molecule has 2 fully saturated rings. The molecule has 2 aliphatic rings. The smallest absolute Gasteiger partial charge is 0.319 e. The Labute approximate surface area is 244 Å². The molecular formula is C31H50N2O8. The van der Waals surface area contributed by atoms with Crippen LogP contribution in [0.15, 0.2) is 24.3 Å². The highest BCUT2D eigenvalue weighted by Gasteiger charge is 2.57. The van der Waals surface area contributed by atoms with Gasteiger partial charge in [0.1, 0.15) is 18.3 Å². The number of fused-ring (bicyclic) bond motifs is 1. The third-order valence-electron chi connectivity index (χ3n) is 7.51. The predicted molar refractivity (Wildman–Crippen MR) is 155 cm³/mol. The molecule has 0 spiro atoms. The zero-order valence-electron chi connectivity index (χ0n) is 25.2. The van der Waals surface area contributed by atoms with Gasteiger partial charge < -0.3 is 39.4 Å². The van der Waals surface area contributed by atoms with E-state index in [1.807, 2.05) is 0 Å². The second-order valence-corrected chi connectivity index (χ2v) is 11.5. The molecule has 0 unspecified atom stereocenters. The minimum Gasteiger partial charge on any atom is -0.469 e. The molecule has 0 radical (unpaired) electrons. The van der Waals surface area contributed by atoms with E-state index in [1.165, 1.54) is 58.5 Å². The van der Waals surface area contributed by atoms with Crippen molar-refractivity contribution in [3.63, 3.8) is 0 Å². The number of aliphatic hydroxyl groups is 1. The predicted octanol–water partition coefficient (Wildman–Crippen LogP) is 5.07. The van der Waals surface area contributed by atoms with Crippen LogP contribution in [0.1, 0.15) is 90.5 Å². The summed E-state index contributed by atoms with van der Waals surface area (Å²) in [5.41, 5.74) is 1.34. The largest absolute Gasteiger partial charge is 0.469 e. The highest BCUT2D eigenvalue weighted by atomic mass is 16.8. The standard InChI is InChI=1S/C31H50N2O8/c1-5-6-7-8-9-10-11-12-13-14-19-38-21-24(26-27-28(29(35)39-26)41-31(2,3)40-27)33-30(36)32-23-17-15-22(16-18-23)20-25(34)37-4/h15-18,24,26-29,35H,5-14,19-21H2,1-4H3,(H2,32,33,36)/t24-,26+,27-,28-,29-/m0/s1. The Morgan fingerprint density at radius 1 is 0.951 bits per heavy atom. The second-order valence-electron chi connectivity index (χ2n) is 11.5. The van der Waals surface area contributed by atoms with Crippen LogP contribution in [-0.2, 0) is 34.9 Å². The van der Waals surface area contributed by atoms with Crippen LogP contribution in [0, 0.1) is 0 Å². The Balaban J connectivity index is 1.48. The molecule has 2 saturated heterocycles. The SMILES string of the molecule is CCCCCCCCCCCCOC[C@H](NC(=O)Nc1ccc(CC(=O)OC)cc1)[C@H]1O[C@H](O)[C@H]2OC(C)(C)O[C@@H]12. The van der Waals surface area contributed by atoms with Crippen LogP contribution < -0.4 is 10.6 Å². The first kappa shape index (κ1) is 33.3. The van der Waals surface area contributed by atoms with Crippen LogP contribution >= 0.6 is 0 Å². The van der Waals surface area contributed by atoms with Crippen molar-refractivity contribution in [2.45, 2.75) is 128 Å². The van der Waals surface area contributed by atoms with Crippen molar-refractivity contribution in [1.82, 2.24) is 5.32 Å². The van der Waals surface area contributed by atoms with Crippen molar-refractivity contribution >= 4 is 17.7 Å². The number of benzene rings is 1. The van der Waals surface area contributed by atoms with Gasteiger partial charge in [-0.3, -0.25) is 4.79 Å². The zero-order valence-corrected chi connectivity index (χ0v) is 25.2. The average molecular weight is 579 g/mol. The van der Waals surface area contributed by atoms with Crippen LogP contribution in [-0.4, -0.2) is 73.9 Å². The van der Waals surface area contributed by atoms with Crippen molar-refractivity contribution in [1.29, 1.82) is 0 Å². The van der Waals surface area contributed by atoms with Crippen LogP contribution in [0.5, 0.6) is 0 Å². The van der Waals surface area contributed by atoms with Crippen molar-refractivity contribution < 1.29 is 38.4 Å². The van der Waals surface area contributed by atoms with E-state index in [0.717, 1.165) is 18.4 Å². The summed E-state index contributed by atoms with van der Waals surface area (Å²) in [6, 6.07) is 5.92. The van der Waals surface area contributed by atoms with Gasteiger partial charge >= 0.3 is 12.0 Å². The van der Waals surface area contributed by atoms with Crippen molar-refractivity contribution in [2.75, 3.05) is 25.6 Å². The van der Waals surface area contributed by atoms with Gasteiger partial charge in [0.15, 0.2) is 12.1 Å². The number of hydrogen-bond acceptors (Lipinski definition) is 8. The Bertz CT molecular complexity index is 925. The number of carbonyl (C=O) groups excluding carboxylic acids is 2. The summed E-state index contributed by atoms with van der Waals surface area (Å²) in [6.07, 6.45) is 9.55. The number of esters is 1. The molecule has 0 aromatic heterocycles. The number of amides is 2. The first-order valence-corrected chi connectivity index (χ1v) is 15.2. The molecule has 3 rings (SSSR count). The topological polar surface area (TPSA) is 125 Å². The molecule has 3 N–H and O–H groups in total. The van der Waals surface area contributed by atoms with Gasteiger partial charge in [0.25, 0.3) is 0 Å². The first-order chi connectivity index (χ1) is 19.7. The molecule has 2 amide bonds. The third-order valence-corrected chi connectivity index (χ3v) is 7.51. The Morgan fingerprint density at radius 3 is 2.20 bits per heavy atom. The van der Waals surface area contributed by atoms with Crippen LogP contribution in [0.2, 0.25) is 0 Å².